The predicted molar refractivity (Wildman–Crippen MR) is 129 cm³/mol. The average Bonchev–Trinajstić information content (AvgIpc) is 2.76. The number of fused-ring (bicyclic) bond motifs is 1. The molecule has 0 radical (unpaired) electrons. The highest BCUT2D eigenvalue weighted by Crippen LogP contribution is 2.41. The lowest BCUT2D eigenvalue weighted by Crippen LogP contribution is -2.06. The fraction of sp³-hybridized carbons (Fsp3) is 0.115. The lowest BCUT2D eigenvalue weighted by atomic mass is 9.99. The lowest BCUT2D eigenvalue weighted by Gasteiger charge is -2.18. The van der Waals surface area contributed by atoms with Gasteiger partial charge in [0.05, 0.1) is 10.0 Å². The van der Waals surface area contributed by atoms with E-state index in [0.29, 0.717) is 16.5 Å². The largest absolute Gasteiger partial charge is 0.294 e. The molecule has 4 heteroatoms. The standard InChI is InChI=1S/C26H20Cl2OS/c1-17-6-2-5-9-25(17)30-26(21-12-13-22(27)23(28)15-21)16-24(29)20-11-10-18-7-3-4-8-19(18)14-20/h2-15,26H,16H2,1H3. The molecule has 0 spiro atoms. The highest BCUT2D eigenvalue weighted by molar-refractivity contribution is 7.99. The van der Waals surface area contributed by atoms with E-state index in [1.54, 1.807) is 17.8 Å². The van der Waals surface area contributed by atoms with Crippen LogP contribution in [0.4, 0.5) is 0 Å². The fourth-order valence-corrected chi connectivity index (χ4v) is 4.97. The van der Waals surface area contributed by atoms with Crippen LogP contribution in [0, 0.1) is 6.92 Å². The number of ketones is 1. The van der Waals surface area contributed by atoms with Gasteiger partial charge in [0.15, 0.2) is 5.78 Å². The van der Waals surface area contributed by atoms with Crippen molar-refractivity contribution >= 4 is 51.5 Å². The summed E-state index contributed by atoms with van der Waals surface area (Å²) in [5.74, 6) is 0.109. The minimum atomic E-state index is -0.0696. The third-order valence-corrected chi connectivity index (χ3v) is 7.29. The Kier molecular flexibility index (Phi) is 6.48. The Bertz CT molecular complexity index is 1220. The maximum Gasteiger partial charge on any atom is 0.164 e. The number of carbonyl (C=O) groups excluding carboxylic acids is 1. The molecular formula is C26H20Cl2OS. The molecule has 0 aliphatic carbocycles. The third-order valence-electron chi connectivity index (χ3n) is 5.12. The lowest BCUT2D eigenvalue weighted by molar-refractivity contribution is 0.0982. The summed E-state index contributed by atoms with van der Waals surface area (Å²) in [4.78, 5) is 14.4. The zero-order chi connectivity index (χ0) is 21.1. The minimum Gasteiger partial charge on any atom is -0.294 e. The number of hydrogen-bond donors (Lipinski definition) is 0. The van der Waals surface area contributed by atoms with E-state index in [-0.39, 0.29) is 11.0 Å². The molecule has 0 bridgehead atoms. The van der Waals surface area contributed by atoms with Gasteiger partial charge in [0.2, 0.25) is 0 Å². The molecule has 4 rings (SSSR count). The van der Waals surface area contributed by atoms with Gasteiger partial charge < -0.3 is 0 Å². The van der Waals surface area contributed by atoms with Crippen molar-refractivity contribution in [1.29, 1.82) is 0 Å². The predicted octanol–water partition coefficient (Wildman–Crippen LogP) is 8.56. The smallest absolute Gasteiger partial charge is 0.164 e. The van der Waals surface area contributed by atoms with Crippen LogP contribution in [0.1, 0.15) is 33.2 Å². The zero-order valence-electron chi connectivity index (χ0n) is 16.4. The quantitative estimate of drug-likeness (QED) is 0.216. The molecular weight excluding hydrogens is 431 g/mol. The highest BCUT2D eigenvalue weighted by atomic mass is 35.5. The molecule has 0 saturated heterocycles. The molecule has 0 aromatic heterocycles. The Balaban J connectivity index is 1.66. The second kappa shape index (κ2) is 9.26. The normalized spacial score (nSPS) is 12.1. The minimum absolute atomic E-state index is 0.0696. The van der Waals surface area contributed by atoms with Gasteiger partial charge >= 0.3 is 0 Å². The Morgan fingerprint density at radius 3 is 2.33 bits per heavy atom. The van der Waals surface area contributed by atoms with Crippen LogP contribution in [0.3, 0.4) is 0 Å². The van der Waals surface area contributed by atoms with E-state index in [9.17, 15) is 4.79 Å². The number of benzene rings is 4. The SMILES string of the molecule is Cc1ccccc1SC(CC(=O)c1ccc2ccccc2c1)c1ccc(Cl)c(Cl)c1. The molecule has 1 nitrogen and oxygen atoms in total. The highest BCUT2D eigenvalue weighted by Gasteiger charge is 2.20. The van der Waals surface area contributed by atoms with Crippen molar-refractivity contribution in [2.24, 2.45) is 0 Å². The van der Waals surface area contributed by atoms with Gasteiger partial charge in [-0.3, -0.25) is 4.79 Å². The van der Waals surface area contributed by atoms with Gasteiger partial charge in [-0.25, -0.2) is 0 Å². The van der Waals surface area contributed by atoms with E-state index in [4.69, 9.17) is 23.2 Å². The van der Waals surface area contributed by atoms with Gasteiger partial charge in [0, 0.05) is 22.1 Å². The van der Waals surface area contributed by atoms with Crippen molar-refractivity contribution in [1.82, 2.24) is 0 Å². The molecule has 0 saturated carbocycles. The van der Waals surface area contributed by atoms with Crippen molar-refractivity contribution in [3.63, 3.8) is 0 Å². The van der Waals surface area contributed by atoms with Crippen LogP contribution in [-0.2, 0) is 0 Å². The Morgan fingerprint density at radius 2 is 1.57 bits per heavy atom. The van der Waals surface area contributed by atoms with Crippen molar-refractivity contribution < 1.29 is 4.79 Å². The maximum absolute atomic E-state index is 13.2. The molecule has 0 amide bonds. The van der Waals surface area contributed by atoms with Gasteiger partial charge in [0.25, 0.3) is 0 Å². The Morgan fingerprint density at radius 1 is 0.833 bits per heavy atom. The summed E-state index contributed by atoms with van der Waals surface area (Å²) in [6.07, 6.45) is 0.370. The number of rotatable bonds is 6. The van der Waals surface area contributed by atoms with Crippen molar-refractivity contribution in [2.75, 3.05) is 0 Å². The van der Waals surface area contributed by atoms with Crippen LogP contribution in [-0.4, -0.2) is 5.78 Å². The van der Waals surface area contributed by atoms with Crippen LogP contribution in [0.25, 0.3) is 10.8 Å². The summed E-state index contributed by atoms with van der Waals surface area (Å²) in [5, 5.41) is 3.15. The number of hydrogen-bond acceptors (Lipinski definition) is 2. The molecule has 1 atom stereocenters. The second-order valence-corrected chi connectivity index (χ2v) is 9.29. The van der Waals surface area contributed by atoms with E-state index in [2.05, 4.69) is 25.1 Å². The van der Waals surface area contributed by atoms with Crippen molar-refractivity contribution in [3.05, 3.63) is 112 Å². The Labute approximate surface area is 191 Å². The average molecular weight is 451 g/mol. The number of Topliss-reactive ketones (excluding diaryl/α,β-unsaturated/α-hetero) is 1. The van der Waals surface area contributed by atoms with E-state index in [1.165, 1.54) is 5.56 Å². The summed E-state index contributed by atoms with van der Waals surface area (Å²) in [5.41, 5.74) is 2.90. The molecule has 0 aliphatic rings. The Hall–Kier alpha value is -2.26. The van der Waals surface area contributed by atoms with Crippen molar-refractivity contribution in [2.45, 2.75) is 23.5 Å². The van der Waals surface area contributed by atoms with Crippen LogP contribution in [0.2, 0.25) is 10.0 Å². The van der Waals surface area contributed by atoms with E-state index in [1.807, 2.05) is 60.7 Å². The number of thioether (sulfide) groups is 1. The van der Waals surface area contributed by atoms with E-state index >= 15 is 0 Å². The summed E-state index contributed by atoms with van der Waals surface area (Å²) in [6, 6.07) is 27.8. The molecule has 30 heavy (non-hydrogen) atoms. The molecule has 0 fully saturated rings. The molecule has 4 aromatic carbocycles. The van der Waals surface area contributed by atoms with E-state index in [0.717, 1.165) is 26.8 Å². The topological polar surface area (TPSA) is 17.1 Å². The first kappa shape index (κ1) is 21.0. The first-order chi connectivity index (χ1) is 14.5. The summed E-state index contributed by atoms with van der Waals surface area (Å²) < 4.78 is 0. The molecule has 0 aliphatic heterocycles. The molecule has 0 N–H and O–H groups in total. The number of carbonyl (C=O) groups is 1. The van der Waals surface area contributed by atoms with Crippen LogP contribution < -0.4 is 0 Å². The maximum atomic E-state index is 13.2. The van der Waals surface area contributed by atoms with Gasteiger partial charge in [-0.15, -0.1) is 11.8 Å². The summed E-state index contributed by atoms with van der Waals surface area (Å²) in [7, 11) is 0. The molecule has 1 unspecified atom stereocenters. The van der Waals surface area contributed by atoms with Crippen LogP contribution in [0.5, 0.6) is 0 Å². The summed E-state index contributed by atoms with van der Waals surface area (Å²) >= 11 is 14.1. The van der Waals surface area contributed by atoms with Gasteiger partial charge in [-0.2, -0.15) is 0 Å². The number of halogens is 2. The molecule has 0 heterocycles. The number of aryl methyl sites for hydroxylation is 1. The first-order valence-electron chi connectivity index (χ1n) is 9.70. The van der Waals surface area contributed by atoms with Crippen molar-refractivity contribution in [3.8, 4) is 0 Å². The second-order valence-electron chi connectivity index (χ2n) is 7.23. The van der Waals surface area contributed by atoms with Gasteiger partial charge in [0.1, 0.15) is 0 Å². The third kappa shape index (κ3) is 4.73. The monoisotopic (exact) mass is 450 g/mol. The van der Waals surface area contributed by atoms with Crippen LogP contribution >= 0.6 is 35.0 Å². The first-order valence-corrected chi connectivity index (χ1v) is 11.3. The molecule has 150 valence electrons. The molecule has 4 aromatic rings. The van der Waals surface area contributed by atoms with Gasteiger partial charge in [-0.1, -0.05) is 83.9 Å². The van der Waals surface area contributed by atoms with Crippen LogP contribution in [0.15, 0.2) is 89.8 Å². The van der Waals surface area contributed by atoms with E-state index < -0.39 is 0 Å². The fourth-order valence-electron chi connectivity index (χ4n) is 3.43. The zero-order valence-corrected chi connectivity index (χ0v) is 18.8. The summed E-state index contributed by atoms with van der Waals surface area (Å²) in [6.45, 7) is 2.08. The van der Waals surface area contributed by atoms with Gasteiger partial charge in [-0.05, 0) is 53.1 Å².